The molecule has 1 aromatic carbocycles. The van der Waals surface area contributed by atoms with Gasteiger partial charge in [0.2, 0.25) is 0 Å². The van der Waals surface area contributed by atoms with Crippen molar-refractivity contribution >= 4 is 5.97 Å². The number of ether oxygens (including phenoxy) is 2. The zero-order chi connectivity index (χ0) is 15.3. The molecule has 1 aliphatic carbocycles. The Bertz CT molecular complexity index is 473. The van der Waals surface area contributed by atoms with E-state index >= 15 is 0 Å². The summed E-state index contributed by atoms with van der Waals surface area (Å²) >= 11 is 0. The monoisotopic (exact) mass is 295 g/mol. The molecule has 21 heavy (non-hydrogen) atoms. The van der Waals surface area contributed by atoms with Gasteiger partial charge in [-0.25, -0.2) is 4.39 Å². The van der Waals surface area contributed by atoms with E-state index < -0.39 is 5.54 Å². The fourth-order valence-electron chi connectivity index (χ4n) is 2.98. The Hall–Kier alpha value is -1.62. The Balaban J connectivity index is 2.07. The number of halogens is 1. The summed E-state index contributed by atoms with van der Waals surface area (Å²) in [6, 6.07) is 5.96. The van der Waals surface area contributed by atoms with Gasteiger partial charge in [-0.2, -0.15) is 0 Å². The van der Waals surface area contributed by atoms with Crippen LogP contribution in [0.3, 0.4) is 0 Å². The average molecular weight is 295 g/mol. The van der Waals surface area contributed by atoms with E-state index in [9.17, 15) is 9.18 Å². The van der Waals surface area contributed by atoms with Gasteiger partial charge >= 0.3 is 5.97 Å². The molecule has 2 atom stereocenters. The van der Waals surface area contributed by atoms with Crippen molar-refractivity contribution in [2.45, 2.75) is 44.2 Å². The van der Waals surface area contributed by atoms with Crippen molar-refractivity contribution in [3.8, 4) is 5.75 Å². The molecular formula is C16H22FNO3. The van der Waals surface area contributed by atoms with Crippen molar-refractivity contribution in [2.75, 3.05) is 13.7 Å². The Labute approximate surface area is 124 Å². The van der Waals surface area contributed by atoms with E-state index in [2.05, 4.69) is 5.32 Å². The number of carbonyl (C=O) groups is 1. The minimum absolute atomic E-state index is 0.0811. The number of carbonyl (C=O) groups excluding carboxylic acids is 1. The molecule has 1 fully saturated rings. The van der Waals surface area contributed by atoms with Gasteiger partial charge in [0.25, 0.3) is 0 Å². The standard InChI is InChI=1S/C16H22FNO3/c1-3-18-16(15(19)20-2)10-4-5-14(11-16)21-13-8-6-12(17)7-9-13/h6-9,14,18H,3-5,10-11H2,1-2H3. The van der Waals surface area contributed by atoms with E-state index in [-0.39, 0.29) is 17.9 Å². The molecule has 0 aromatic heterocycles. The maximum Gasteiger partial charge on any atom is 0.326 e. The Morgan fingerprint density at radius 1 is 1.43 bits per heavy atom. The molecule has 116 valence electrons. The zero-order valence-electron chi connectivity index (χ0n) is 12.5. The Morgan fingerprint density at radius 2 is 2.14 bits per heavy atom. The average Bonchev–Trinajstić information content (AvgIpc) is 2.49. The zero-order valence-corrected chi connectivity index (χ0v) is 12.5. The van der Waals surface area contributed by atoms with Crippen molar-refractivity contribution in [1.29, 1.82) is 0 Å². The van der Waals surface area contributed by atoms with Crippen molar-refractivity contribution in [3.05, 3.63) is 30.1 Å². The summed E-state index contributed by atoms with van der Waals surface area (Å²) in [4.78, 5) is 12.1. The van der Waals surface area contributed by atoms with Gasteiger partial charge in [0.05, 0.1) is 7.11 Å². The first kappa shape index (κ1) is 15.8. The molecule has 1 aliphatic rings. The summed E-state index contributed by atoms with van der Waals surface area (Å²) in [6.07, 6.45) is 2.99. The SMILES string of the molecule is CCNC1(C(=O)OC)CCCC(Oc2ccc(F)cc2)C1. The molecular weight excluding hydrogens is 273 g/mol. The van der Waals surface area contributed by atoms with Crippen LogP contribution in [0, 0.1) is 5.82 Å². The van der Waals surface area contributed by atoms with Crippen molar-refractivity contribution in [2.24, 2.45) is 0 Å². The highest BCUT2D eigenvalue weighted by molar-refractivity contribution is 5.81. The summed E-state index contributed by atoms with van der Waals surface area (Å²) < 4.78 is 23.8. The second kappa shape index (κ2) is 6.89. The minimum Gasteiger partial charge on any atom is -0.490 e. The molecule has 0 amide bonds. The predicted molar refractivity (Wildman–Crippen MR) is 77.7 cm³/mol. The van der Waals surface area contributed by atoms with Crippen LogP contribution in [-0.4, -0.2) is 31.3 Å². The molecule has 0 saturated heterocycles. The molecule has 0 heterocycles. The fraction of sp³-hybridized carbons (Fsp3) is 0.562. The highest BCUT2D eigenvalue weighted by Crippen LogP contribution is 2.32. The van der Waals surface area contributed by atoms with Crippen LogP contribution in [0.1, 0.15) is 32.6 Å². The maximum atomic E-state index is 12.9. The van der Waals surface area contributed by atoms with Crippen LogP contribution in [0.2, 0.25) is 0 Å². The normalized spacial score (nSPS) is 25.4. The number of rotatable bonds is 5. The largest absolute Gasteiger partial charge is 0.490 e. The molecule has 0 aliphatic heterocycles. The summed E-state index contributed by atoms with van der Waals surface area (Å²) in [6.45, 7) is 2.66. The van der Waals surface area contributed by atoms with Crippen LogP contribution in [-0.2, 0) is 9.53 Å². The summed E-state index contributed by atoms with van der Waals surface area (Å²) in [5, 5.41) is 3.26. The molecule has 1 N–H and O–H groups in total. The molecule has 0 spiro atoms. The van der Waals surface area contributed by atoms with Gasteiger partial charge < -0.3 is 14.8 Å². The first-order valence-electron chi connectivity index (χ1n) is 7.35. The molecule has 4 nitrogen and oxygen atoms in total. The topological polar surface area (TPSA) is 47.6 Å². The molecule has 1 saturated carbocycles. The van der Waals surface area contributed by atoms with Gasteiger partial charge in [-0.15, -0.1) is 0 Å². The van der Waals surface area contributed by atoms with Gasteiger partial charge in [0.15, 0.2) is 0 Å². The smallest absolute Gasteiger partial charge is 0.326 e. The molecule has 5 heteroatoms. The highest BCUT2D eigenvalue weighted by atomic mass is 19.1. The van der Waals surface area contributed by atoms with Crippen LogP contribution >= 0.6 is 0 Å². The maximum absolute atomic E-state index is 12.9. The molecule has 2 unspecified atom stereocenters. The number of esters is 1. The van der Waals surface area contributed by atoms with Crippen LogP contribution < -0.4 is 10.1 Å². The second-order valence-corrected chi connectivity index (χ2v) is 5.39. The first-order chi connectivity index (χ1) is 10.1. The molecule has 0 bridgehead atoms. The second-order valence-electron chi connectivity index (χ2n) is 5.39. The van der Waals surface area contributed by atoms with E-state index in [1.165, 1.54) is 19.2 Å². The van der Waals surface area contributed by atoms with E-state index in [0.717, 1.165) is 19.3 Å². The number of nitrogens with one attached hydrogen (secondary N) is 1. The van der Waals surface area contributed by atoms with E-state index in [1.807, 2.05) is 6.92 Å². The van der Waals surface area contributed by atoms with Crippen molar-refractivity contribution < 1.29 is 18.7 Å². The predicted octanol–water partition coefficient (Wildman–Crippen LogP) is 2.67. The molecule has 1 aromatic rings. The van der Waals surface area contributed by atoms with Gasteiger partial charge in [0.1, 0.15) is 23.2 Å². The van der Waals surface area contributed by atoms with Gasteiger partial charge in [-0.3, -0.25) is 4.79 Å². The molecule has 0 radical (unpaired) electrons. The van der Waals surface area contributed by atoms with Gasteiger partial charge in [-0.05, 0) is 50.1 Å². The number of hydrogen-bond donors (Lipinski definition) is 1. The highest BCUT2D eigenvalue weighted by Gasteiger charge is 2.44. The van der Waals surface area contributed by atoms with Gasteiger partial charge in [-0.1, -0.05) is 6.92 Å². The summed E-state index contributed by atoms with van der Waals surface area (Å²) in [7, 11) is 1.41. The summed E-state index contributed by atoms with van der Waals surface area (Å²) in [5.41, 5.74) is -0.674. The summed E-state index contributed by atoms with van der Waals surface area (Å²) in [5.74, 6) is 0.0953. The van der Waals surface area contributed by atoms with Crippen molar-refractivity contribution in [1.82, 2.24) is 5.32 Å². The third kappa shape index (κ3) is 3.73. The number of methoxy groups -OCH3 is 1. The minimum atomic E-state index is -0.674. The lowest BCUT2D eigenvalue weighted by atomic mass is 9.80. The lowest BCUT2D eigenvalue weighted by molar-refractivity contribution is -0.151. The van der Waals surface area contributed by atoms with Crippen LogP contribution in [0.25, 0.3) is 0 Å². The Morgan fingerprint density at radius 3 is 2.76 bits per heavy atom. The molecule has 2 rings (SSSR count). The van der Waals surface area contributed by atoms with E-state index in [0.29, 0.717) is 18.7 Å². The van der Waals surface area contributed by atoms with Crippen LogP contribution in [0.5, 0.6) is 5.75 Å². The van der Waals surface area contributed by atoms with Crippen LogP contribution in [0.4, 0.5) is 4.39 Å². The Kier molecular flexibility index (Phi) is 5.17. The quantitative estimate of drug-likeness (QED) is 0.848. The first-order valence-corrected chi connectivity index (χ1v) is 7.35. The van der Waals surface area contributed by atoms with Gasteiger partial charge in [0, 0.05) is 6.42 Å². The number of benzene rings is 1. The lowest BCUT2D eigenvalue weighted by Gasteiger charge is -2.39. The number of likely N-dealkylation sites (N-methyl/N-ethyl adjacent to an activating group) is 1. The fourth-order valence-corrected chi connectivity index (χ4v) is 2.98. The van der Waals surface area contributed by atoms with E-state index in [4.69, 9.17) is 9.47 Å². The lowest BCUT2D eigenvalue weighted by Crippen LogP contribution is -2.57. The van der Waals surface area contributed by atoms with Crippen LogP contribution in [0.15, 0.2) is 24.3 Å². The number of hydrogen-bond acceptors (Lipinski definition) is 4. The van der Waals surface area contributed by atoms with E-state index in [1.54, 1.807) is 12.1 Å². The third-order valence-corrected chi connectivity index (χ3v) is 3.91. The third-order valence-electron chi connectivity index (χ3n) is 3.91. The van der Waals surface area contributed by atoms with Crippen molar-refractivity contribution in [3.63, 3.8) is 0 Å².